The number of benzene rings is 2. The van der Waals surface area contributed by atoms with E-state index in [1.54, 1.807) is 35.5 Å². The third-order valence-electron chi connectivity index (χ3n) is 6.11. The van der Waals surface area contributed by atoms with Crippen molar-refractivity contribution in [3.8, 4) is 0 Å². The summed E-state index contributed by atoms with van der Waals surface area (Å²) < 4.78 is 28.1. The van der Waals surface area contributed by atoms with E-state index in [1.807, 2.05) is 36.4 Å². The molecule has 2 aliphatic rings. The van der Waals surface area contributed by atoms with Crippen molar-refractivity contribution >= 4 is 27.3 Å². The van der Waals surface area contributed by atoms with Gasteiger partial charge in [0.25, 0.3) is 15.9 Å². The molecule has 0 radical (unpaired) electrons. The Morgan fingerprint density at radius 3 is 2.38 bits per heavy atom. The molecule has 3 aromatic rings. The highest BCUT2D eigenvalue weighted by Gasteiger charge is 2.31. The predicted molar refractivity (Wildman–Crippen MR) is 123 cm³/mol. The van der Waals surface area contributed by atoms with Crippen LogP contribution in [0.3, 0.4) is 0 Å². The van der Waals surface area contributed by atoms with E-state index in [2.05, 4.69) is 9.88 Å². The van der Waals surface area contributed by atoms with Crippen molar-refractivity contribution in [3.05, 3.63) is 84.2 Å². The Hall–Kier alpha value is -3.39. The Kier molecular flexibility index (Phi) is 5.30. The van der Waals surface area contributed by atoms with E-state index in [4.69, 9.17) is 0 Å². The normalized spacial score (nSPS) is 16.2. The van der Waals surface area contributed by atoms with Crippen LogP contribution >= 0.6 is 0 Å². The summed E-state index contributed by atoms with van der Waals surface area (Å²) >= 11 is 0. The average Bonchev–Trinajstić information content (AvgIpc) is 3.29. The molecule has 2 aliphatic heterocycles. The van der Waals surface area contributed by atoms with Crippen molar-refractivity contribution in [2.45, 2.75) is 11.3 Å². The third-order valence-corrected chi connectivity index (χ3v) is 7.92. The minimum Gasteiger partial charge on any atom is -0.368 e. The smallest absolute Gasteiger partial charge is 0.264 e. The first-order chi connectivity index (χ1) is 15.5. The summed E-state index contributed by atoms with van der Waals surface area (Å²) in [5.41, 5.74) is 3.23. The first-order valence-corrected chi connectivity index (χ1v) is 12.1. The molecule has 0 N–H and O–H groups in total. The molecule has 1 amide bonds. The first kappa shape index (κ1) is 20.5. The number of rotatable bonds is 4. The standard InChI is InChI=1S/C24H24N4O3S/c29-24(27-16-14-26(15-17-27)21-8-11-25-12-9-21)20-5-3-6-22(18-20)32(30,31)28-13-10-19-4-1-2-7-23(19)28/h1-9,11-12,18H,10,13-17H2. The Balaban J connectivity index is 1.33. The van der Waals surface area contributed by atoms with Gasteiger partial charge in [-0.1, -0.05) is 24.3 Å². The molecular weight excluding hydrogens is 424 g/mol. The summed E-state index contributed by atoms with van der Waals surface area (Å²) in [6, 6.07) is 17.9. The van der Waals surface area contributed by atoms with Crippen molar-refractivity contribution in [1.82, 2.24) is 9.88 Å². The maximum atomic E-state index is 13.3. The van der Waals surface area contributed by atoms with Crippen LogP contribution in [-0.2, 0) is 16.4 Å². The number of carbonyl (C=O) groups excluding carboxylic acids is 1. The number of nitrogens with zero attached hydrogens (tertiary/aromatic N) is 4. The molecule has 1 saturated heterocycles. The molecule has 3 heterocycles. The molecule has 0 saturated carbocycles. The quantitative estimate of drug-likeness (QED) is 0.614. The van der Waals surface area contributed by atoms with Crippen molar-refractivity contribution < 1.29 is 13.2 Å². The number of piperazine rings is 1. The average molecular weight is 449 g/mol. The molecule has 0 atom stereocenters. The summed E-state index contributed by atoms with van der Waals surface area (Å²) in [7, 11) is -3.74. The predicted octanol–water partition coefficient (Wildman–Crippen LogP) is 2.80. The van der Waals surface area contributed by atoms with E-state index in [-0.39, 0.29) is 10.8 Å². The van der Waals surface area contributed by atoms with E-state index in [0.29, 0.717) is 31.6 Å². The summed E-state index contributed by atoms with van der Waals surface area (Å²) in [6.45, 7) is 3.02. The Bertz CT molecular complexity index is 1240. The maximum Gasteiger partial charge on any atom is 0.264 e. The molecule has 0 bridgehead atoms. The number of para-hydroxylation sites is 1. The molecule has 0 aliphatic carbocycles. The molecule has 0 spiro atoms. The summed E-state index contributed by atoms with van der Waals surface area (Å²) in [4.78, 5) is 21.3. The summed E-state index contributed by atoms with van der Waals surface area (Å²) in [5.74, 6) is -0.141. The Morgan fingerprint density at radius 1 is 0.844 bits per heavy atom. The second-order valence-electron chi connectivity index (χ2n) is 7.97. The number of anilines is 2. The molecule has 5 rings (SSSR count). The third kappa shape index (κ3) is 3.71. The van der Waals surface area contributed by atoms with E-state index in [1.165, 1.54) is 10.4 Å². The number of hydrogen-bond acceptors (Lipinski definition) is 5. The SMILES string of the molecule is O=C(c1cccc(S(=O)(=O)N2CCc3ccccc32)c1)N1CCN(c2ccncc2)CC1. The fourth-order valence-corrected chi connectivity index (χ4v) is 5.93. The minimum absolute atomic E-state index is 0.141. The fraction of sp³-hybridized carbons (Fsp3) is 0.250. The second kappa shape index (κ2) is 8.27. The van der Waals surface area contributed by atoms with E-state index < -0.39 is 10.0 Å². The van der Waals surface area contributed by atoms with Crippen LogP contribution in [0.1, 0.15) is 15.9 Å². The first-order valence-electron chi connectivity index (χ1n) is 10.7. The number of pyridine rings is 1. The molecule has 0 unspecified atom stereocenters. The number of amides is 1. The highest BCUT2D eigenvalue weighted by molar-refractivity contribution is 7.92. The van der Waals surface area contributed by atoms with Crippen molar-refractivity contribution in [2.75, 3.05) is 41.9 Å². The van der Waals surface area contributed by atoms with Crippen LogP contribution in [-0.4, -0.2) is 56.9 Å². The lowest BCUT2D eigenvalue weighted by atomic mass is 10.1. The lowest BCUT2D eigenvalue weighted by molar-refractivity contribution is 0.0746. The number of fused-ring (bicyclic) bond motifs is 1. The van der Waals surface area contributed by atoms with Gasteiger partial charge in [0.15, 0.2) is 0 Å². The fourth-order valence-electron chi connectivity index (χ4n) is 4.38. The largest absolute Gasteiger partial charge is 0.368 e. The van der Waals surface area contributed by atoms with Crippen LogP contribution in [0.5, 0.6) is 0 Å². The number of aromatic nitrogens is 1. The zero-order chi connectivity index (χ0) is 22.1. The molecule has 1 fully saturated rings. The molecule has 164 valence electrons. The van der Waals surface area contributed by atoms with Crippen molar-refractivity contribution in [2.24, 2.45) is 0 Å². The van der Waals surface area contributed by atoms with Gasteiger partial charge in [-0.2, -0.15) is 0 Å². The van der Waals surface area contributed by atoms with Crippen LogP contribution < -0.4 is 9.21 Å². The van der Waals surface area contributed by atoms with Crippen LogP contribution in [0.15, 0.2) is 78.0 Å². The summed E-state index contributed by atoms with van der Waals surface area (Å²) in [6.07, 6.45) is 4.21. The highest BCUT2D eigenvalue weighted by Crippen LogP contribution is 2.33. The molecule has 1 aromatic heterocycles. The molecular formula is C24H24N4O3S. The van der Waals surface area contributed by atoms with E-state index in [0.717, 1.165) is 30.0 Å². The van der Waals surface area contributed by atoms with E-state index >= 15 is 0 Å². The Morgan fingerprint density at radius 2 is 1.59 bits per heavy atom. The number of sulfonamides is 1. The maximum absolute atomic E-state index is 13.3. The molecule has 8 heteroatoms. The summed E-state index contributed by atoms with van der Waals surface area (Å²) in [5, 5.41) is 0. The lowest BCUT2D eigenvalue weighted by Gasteiger charge is -2.36. The van der Waals surface area contributed by atoms with Gasteiger partial charge in [0.05, 0.1) is 10.6 Å². The zero-order valence-electron chi connectivity index (χ0n) is 17.6. The Labute approximate surface area is 188 Å². The van der Waals surface area contributed by atoms with Crippen LogP contribution in [0, 0.1) is 0 Å². The highest BCUT2D eigenvalue weighted by atomic mass is 32.2. The van der Waals surface area contributed by atoms with Gasteiger partial charge in [0.1, 0.15) is 0 Å². The van der Waals surface area contributed by atoms with Crippen LogP contribution in [0.4, 0.5) is 11.4 Å². The van der Waals surface area contributed by atoms with Crippen molar-refractivity contribution in [1.29, 1.82) is 0 Å². The zero-order valence-corrected chi connectivity index (χ0v) is 18.4. The van der Waals surface area contributed by atoms with Crippen LogP contribution in [0.2, 0.25) is 0 Å². The van der Waals surface area contributed by atoms with E-state index in [9.17, 15) is 13.2 Å². The molecule has 2 aromatic carbocycles. The topological polar surface area (TPSA) is 73.8 Å². The van der Waals surface area contributed by atoms with Gasteiger partial charge < -0.3 is 9.80 Å². The van der Waals surface area contributed by atoms with Gasteiger partial charge in [0.2, 0.25) is 0 Å². The van der Waals surface area contributed by atoms with Gasteiger partial charge >= 0.3 is 0 Å². The molecule has 7 nitrogen and oxygen atoms in total. The van der Waals surface area contributed by atoms with Gasteiger partial charge in [-0.05, 0) is 48.4 Å². The molecule has 32 heavy (non-hydrogen) atoms. The number of hydrogen-bond donors (Lipinski definition) is 0. The van der Waals surface area contributed by atoms with Gasteiger partial charge in [0, 0.05) is 56.4 Å². The monoisotopic (exact) mass is 448 g/mol. The second-order valence-corrected chi connectivity index (χ2v) is 9.83. The van der Waals surface area contributed by atoms with Crippen molar-refractivity contribution in [3.63, 3.8) is 0 Å². The van der Waals surface area contributed by atoms with Gasteiger partial charge in [-0.15, -0.1) is 0 Å². The van der Waals surface area contributed by atoms with Crippen LogP contribution in [0.25, 0.3) is 0 Å². The number of carbonyl (C=O) groups is 1. The van der Waals surface area contributed by atoms with Gasteiger partial charge in [-0.3, -0.25) is 14.1 Å². The minimum atomic E-state index is -3.74. The van der Waals surface area contributed by atoms with Gasteiger partial charge in [-0.25, -0.2) is 8.42 Å². The lowest BCUT2D eigenvalue weighted by Crippen LogP contribution is -2.48.